The number of nitrogens with zero attached hydrogens (tertiary/aromatic N) is 1. The van der Waals surface area contributed by atoms with Gasteiger partial charge in [-0.2, -0.15) is 0 Å². The molecule has 0 bridgehead atoms. The maximum absolute atomic E-state index is 14.1. The minimum atomic E-state index is -0.750. The number of likely N-dealkylation sites (tertiary alicyclic amines) is 1. The molecule has 2 aliphatic heterocycles. The summed E-state index contributed by atoms with van der Waals surface area (Å²) < 4.78 is 12.5. The molecule has 3 unspecified atom stereocenters. The molecule has 3 aromatic carbocycles. The second-order valence-corrected chi connectivity index (χ2v) is 9.91. The van der Waals surface area contributed by atoms with E-state index in [1.54, 1.807) is 23.1 Å². The molecule has 8 heteroatoms. The van der Waals surface area contributed by atoms with Crippen molar-refractivity contribution in [3.8, 4) is 11.5 Å². The smallest absolute Gasteiger partial charge is 0.249 e. The van der Waals surface area contributed by atoms with Crippen LogP contribution in [0.1, 0.15) is 33.8 Å². The number of hydrogen-bond donors (Lipinski definition) is 1. The first-order valence-electron chi connectivity index (χ1n) is 11.8. The molecule has 2 heterocycles. The number of nitrogens with two attached hydrogens (primary N) is 1. The van der Waals surface area contributed by atoms with Gasteiger partial charge in [-0.25, -0.2) is 0 Å². The highest BCUT2D eigenvalue weighted by molar-refractivity contribution is 9.10. The fourth-order valence-electron chi connectivity index (χ4n) is 4.97. The van der Waals surface area contributed by atoms with Gasteiger partial charge in [0.15, 0.2) is 5.78 Å². The number of halogens is 1. The van der Waals surface area contributed by atoms with Crippen LogP contribution in [0.25, 0.3) is 0 Å². The number of Topliss-reactive ketones (excluding diaryl/α,β-unsaturated/α-hetero) is 1. The molecule has 0 saturated carbocycles. The normalized spacial score (nSPS) is 19.7. The van der Waals surface area contributed by atoms with Crippen molar-refractivity contribution >= 4 is 33.5 Å². The summed E-state index contributed by atoms with van der Waals surface area (Å²) in [4.78, 5) is 40.7. The highest BCUT2D eigenvalue weighted by Crippen LogP contribution is 2.35. The summed E-state index contributed by atoms with van der Waals surface area (Å²) in [7, 11) is 0. The van der Waals surface area contributed by atoms with E-state index in [-0.39, 0.29) is 30.0 Å². The van der Waals surface area contributed by atoms with Crippen LogP contribution in [0.2, 0.25) is 0 Å². The van der Waals surface area contributed by atoms with Crippen LogP contribution in [0.3, 0.4) is 0 Å². The topological polar surface area (TPSA) is 98.9 Å². The molecule has 7 nitrogen and oxygen atoms in total. The second kappa shape index (κ2) is 10.2. The zero-order valence-electron chi connectivity index (χ0n) is 19.4. The average Bonchev–Trinajstić information content (AvgIpc) is 3.47. The van der Waals surface area contributed by atoms with Crippen LogP contribution >= 0.6 is 15.9 Å². The first-order chi connectivity index (χ1) is 17.4. The molecule has 36 heavy (non-hydrogen) atoms. The standard InChI is InChI=1S/C28H25BrN2O5/c29-18-8-6-17(7-9-18)14-23(28(34)31-13-12-25-26(31)24(32)16-35-25)22-15-20(10-11-21(22)27(30)33)36-19-4-2-1-3-5-19/h1-11,15,23,25-26H,12-14,16H2,(H2,30,33). The van der Waals surface area contributed by atoms with E-state index in [0.29, 0.717) is 36.4 Å². The Labute approximate surface area is 217 Å². The zero-order valence-corrected chi connectivity index (χ0v) is 21.0. The third kappa shape index (κ3) is 4.92. The average molecular weight is 549 g/mol. The summed E-state index contributed by atoms with van der Waals surface area (Å²) in [5.74, 6) is -0.603. The fraction of sp³-hybridized carbons (Fsp3) is 0.250. The van der Waals surface area contributed by atoms with Crippen molar-refractivity contribution in [2.45, 2.75) is 30.9 Å². The van der Waals surface area contributed by atoms with E-state index in [4.69, 9.17) is 15.2 Å². The van der Waals surface area contributed by atoms with Crippen molar-refractivity contribution in [1.82, 2.24) is 4.90 Å². The largest absolute Gasteiger partial charge is 0.457 e. The zero-order chi connectivity index (χ0) is 25.2. The third-order valence-corrected chi connectivity index (χ3v) is 7.22. The Kier molecular flexibility index (Phi) is 6.89. The Morgan fingerprint density at radius 2 is 1.81 bits per heavy atom. The number of primary amides is 1. The van der Waals surface area contributed by atoms with E-state index in [1.165, 1.54) is 0 Å². The molecule has 0 radical (unpaired) electrons. The Morgan fingerprint density at radius 3 is 2.53 bits per heavy atom. The van der Waals surface area contributed by atoms with Gasteiger partial charge in [0.1, 0.15) is 24.1 Å². The van der Waals surface area contributed by atoms with Crippen LogP contribution in [0.5, 0.6) is 11.5 Å². The van der Waals surface area contributed by atoms with Crippen LogP contribution in [-0.2, 0) is 20.7 Å². The van der Waals surface area contributed by atoms with Crippen LogP contribution in [0.15, 0.2) is 77.3 Å². The summed E-state index contributed by atoms with van der Waals surface area (Å²) in [5.41, 5.74) is 7.37. The number of benzene rings is 3. The maximum atomic E-state index is 14.1. The molecule has 2 fully saturated rings. The van der Waals surface area contributed by atoms with Gasteiger partial charge in [0.25, 0.3) is 0 Å². The van der Waals surface area contributed by atoms with Gasteiger partial charge in [-0.3, -0.25) is 14.4 Å². The summed E-state index contributed by atoms with van der Waals surface area (Å²) in [6, 6.07) is 21.3. The van der Waals surface area contributed by atoms with E-state index in [9.17, 15) is 14.4 Å². The molecular weight excluding hydrogens is 524 g/mol. The first kappa shape index (κ1) is 24.2. The van der Waals surface area contributed by atoms with Crippen molar-refractivity contribution < 1.29 is 23.9 Å². The predicted molar refractivity (Wildman–Crippen MR) is 137 cm³/mol. The maximum Gasteiger partial charge on any atom is 0.249 e. The monoisotopic (exact) mass is 548 g/mol. The molecule has 2 aliphatic rings. The molecule has 3 aromatic rings. The number of para-hydroxylation sites is 1. The Morgan fingerprint density at radius 1 is 1.06 bits per heavy atom. The lowest BCUT2D eigenvalue weighted by Crippen LogP contribution is -2.44. The van der Waals surface area contributed by atoms with Gasteiger partial charge in [0, 0.05) is 16.6 Å². The lowest BCUT2D eigenvalue weighted by Gasteiger charge is -2.28. The van der Waals surface area contributed by atoms with E-state index < -0.39 is 17.9 Å². The highest BCUT2D eigenvalue weighted by Gasteiger charge is 2.48. The molecule has 2 N–H and O–H groups in total. The molecule has 0 aliphatic carbocycles. The molecule has 2 amide bonds. The molecule has 5 rings (SSSR count). The second-order valence-electron chi connectivity index (χ2n) is 8.99. The van der Waals surface area contributed by atoms with Crippen molar-refractivity contribution in [3.63, 3.8) is 0 Å². The Hall–Kier alpha value is -3.49. The van der Waals surface area contributed by atoms with Crippen LogP contribution in [0, 0.1) is 0 Å². The fourth-order valence-corrected chi connectivity index (χ4v) is 5.23. The summed E-state index contributed by atoms with van der Waals surface area (Å²) >= 11 is 3.44. The molecule has 184 valence electrons. The van der Waals surface area contributed by atoms with Gasteiger partial charge in [-0.15, -0.1) is 0 Å². The number of ether oxygens (including phenoxy) is 2. The molecular formula is C28H25BrN2O5. The molecule has 0 aromatic heterocycles. The third-order valence-electron chi connectivity index (χ3n) is 6.69. The quantitative estimate of drug-likeness (QED) is 0.476. The van der Waals surface area contributed by atoms with E-state index in [1.807, 2.05) is 54.6 Å². The summed E-state index contributed by atoms with van der Waals surface area (Å²) in [6.45, 7) is 0.437. The first-order valence-corrected chi connectivity index (χ1v) is 12.6. The predicted octanol–water partition coefficient (Wildman–Crippen LogP) is 4.24. The minimum Gasteiger partial charge on any atom is -0.457 e. The molecule has 2 saturated heterocycles. The van der Waals surface area contributed by atoms with E-state index in [2.05, 4.69) is 15.9 Å². The number of amides is 2. The van der Waals surface area contributed by atoms with Crippen molar-refractivity contribution in [3.05, 3.63) is 94.0 Å². The van der Waals surface area contributed by atoms with E-state index in [0.717, 1.165) is 10.0 Å². The van der Waals surface area contributed by atoms with Crippen LogP contribution in [-0.4, -0.2) is 47.8 Å². The Balaban J connectivity index is 1.56. The lowest BCUT2D eigenvalue weighted by atomic mass is 9.86. The Bertz CT molecular complexity index is 1300. The minimum absolute atomic E-state index is 0.0173. The van der Waals surface area contributed by atoms with Crippen LogP contribution < -0.4 is 10.5 Å². The summed E-state index contributed by atoms with van der Waals surface area (Å²) in [6.07, 6.45) is 0.648. The van der Waals surface area contributed by atoms with Gasteiger partial charge < -0.3 is 20.1 Å². The number of carbonyl (C=O) groups is 3. The van der Waals surface area contributed by atoms with Gasteiger partial charge in [-0.1, -0.05) is 46.3 Å². The SMILES string of the molecule is NC(=O)c1ccc(Oc2ccccc2)cc1C(Cc1ccc(Br)cc1)C(=O)N1CCC2OCC(=O)C21. The van der Waals surface area contributed by atoms with Crippen molar-refractivity contribution in [1.29, 1.82) is 0 Å². The number of rotatable bonds is 7. The van der Waals surface area contributed by atoms with Gasteiger partial charge in [0.2, 0.25) is 11.8 Å². The molecule has 0 spiro atoms. The molecule has 3 atom stereocenters. The highest BCUT2D eigenvalue weighted by atomic mass is 79.9. The van der Waals surface area contributed by atoms with Gasteiger partial charge in [-0.05, 0) is 66.4 Å². The number of fused-ring (bicyclic) bond motifs is 1. The number of hydrogen-bond acceptors (Lipinski definition) is 5. The lowest BCUT2D eigenvalue weighted by molar-refractivity contribution is -0.137. The van der Waals surface area contributed by atoms with Crippen molar-refractivity contribution in [2.75, 3.05) is 13.2 Å². The van der Waals surface area contributed by atoms with Crippen LogP contribution in [0.4, 0.5) is 0 Å². The number of carbonyl (C=O) groups excluding carboxylic acids is 3. The number of ketones is 1. The van der Waals surface area contributed by atoms with Gasteiger partial charge >= 0.3 is 0 Å². The van der Waals surface area contributed by atoms with Gasteiger partial charge in [0.05, 0.1) is 12.0 Å². The van der Waals surface area contributed by atoms with Crippen molar-refractivity contribution in [2.24, 2.45) is 5.73 Å². The van der Waals surface area contributed by atoms with E-state index >= 15 is 0 Å². The summed E-state index contributed by atoms with van der Waals surface area (Å²) in [5, 5.41) is 0.